The lowest BCUT2D eigenvalue weighted by molar-refractivity contribution is -0.139. The van der Waals surface area contributed by atoms with E-state index >= 15 is 0 Å². The van der Waals surface area contributed by atoms with Gasteiger partial charge in [0.15, 0.2) is 0 Å². The summed E-state index contributed by atoms with van der Waals surface area (Å²) in [5.74, 6) is -1.23. The lowest BCUT2D eigenvalue weighted by Gasteiger charge is -2.26. The molecule has 2 aromatic rings. The molecule has 0 bridgehead atoms. The van der Waals surface area contributed by atoms with E-state index in [1.54, 1.807) is 32.0 Å². The van der Waals surface area contributed by atoms with Crippen LogP contribution in [0.2, 0.25) is 0 Å². The highest BCUT2D eigenvalue weighted by atomic mass is 16.5. The average molecular weight is 369 g/mol. The largest absolute Gasteiger partial charge is 0.463 e. The van der Waals surface area contributed by atoms with Crippen molar-refractivity contribution in [2.75, 3.05) is 13.2 Å². The predicted molar refractivity (Wildman–Crippen MR) is 96.8 cm³/mol. The molecule has 2 N–H and O–H groups in total. The van der Waals surface area contributed by atoms with Gasteiger partial charge in [-0.1, -0.05) is 24.3 Å². The molecule has 0 radical (unpaired) electrons. The molecule has 0 fully saturated rings. The second kappa shape index (κ2) is 7.86. The third-order valence-corrected chi connectivity index (χ3v) is 4.02. The van der Waals surface area contributed by atoms with Gasteiger partial charge in [-0.15, -0.1) is 0 Å². The Labute approximate surface area is 155 Å². The molecule has 3 rings (SSSR count). The van der Waals surface area contributed by atoms with Gasteiger partial charge in [0.1, 0.15) is 12.3 Å². The maximum Gasteiger partial charge on any atom is 0.357 e. The third-order valence-electron chi connectivity index (χ3n) is 4.02. The van der Waals surface area contributed by atoms with Gasteiger partial charge in [-0.25, -0.2) is 19.4 Å². The Morgan fingerprint density at radius 2 is 1.89 bits per heavy atom. The molecular formula is C19H19N3O5. The summed E-state index contributed by atoms with van der Waals surface area (Å²) in [7, 11) is 0. The molecule has 140 valence electrons. The minimum absolute atomic E-state index is 0.139. The van der Waals surface area contributed by atoms with Crippen molar-refractivity contribution < 1.29 is 23.9 Å². The van der Waals surface area contributed by atoms with Crippen molar-refractivity contribution in [1.29, 1.82) is 0 Å². The fraction of sp³-hybridized carbons (Fsp3) is 0.263. The molecular weight excluding hydrogens is 350 g/mol. The van der Waals surface area contributed by atoms with E-state index in [9.17, 15) is 14.4 Å². The number of nitrogens with zero attached hydrogens (tertiary/aromatic N) is 1. The standard InChI is InChI=1S/C19H19N3O5/c1-3-26-18(24)16-11(2)20-19(25)22-15(16)10-27-17(23)14-9-8-12-6-4-5-7-13(12)21-14/h4-9,11H,3,10H2,1-2H3,(H2,20,22,25). The molecule has 2 amide bonds. The van der Waals surface area contributed by atoms with Crippen molar-refractivity contribution in [3.8, 4) is 0 Å². The molecule has 1 unspecified atom stereocenters. The number of carbonyl (C=O) groups is 3. The van der Waals surface area contributed by atoms with E-state index in [0.29, 0.717) is 5.52 Å². The molecule has 0 saturated heterocycles. The fourth-order valence-electron chi connectivity index (χ4n) is 2.78. The highest BCUT2D eigenvalue weighted by molar-refractivity contribution is 5.95. The summed E-state index contributed by atoms with van der Waals surface area (Å²) in [6, 6.07) is 9.68. The minimum Gasteiger partial charge on any atom is -0.463 e. The maximum absolute atomic E-state index is 12.3. The number of pyridine rings is 1. The topological polar surface area (TPSA) is 107 Å². The van der Waals surface area contributed by atoms with E-state index in [-0.39, 0.29) is 30.2 Å². The van der Waals surface area contributed by atoms with Crippen LogP contribution in [0.4, 0.5) is 4.79 Å². The van der Waals surface area contributed by atoms with Gasteiger partial charge in [0.25, 0.3) is 0 Å². The smallest absolute Gasteiger partial charge is 0.357 e. The monoisotopic (exact) mass is 369 g/mol. The Balaban J connectivity index is 1.79. The van der Waals surface area contributed by atoms with Crippen LogP contribution in [0.3, 0.4) is 0 Å². The van der Waals surface area contributed by atoms with E-state index in [0.717, 1.165) is 5.39 Å². The highest BCUT2D eigenvalue weighted by Gasteiger charge is 2.30. The van der Waals surface area contributed by atoms with Gasteiger partial charge < -0.3 is 20.1 Å². The lowest BCUT2D eigenvalue weighted by Crippen LogP contribution is -2.50. The van der Waals surface area contributed by atoms with Crippen LogP contribution >= 0.6 is 0 Å². The Hall–Kier alpha value is -3.42. The second-order valence-electron chi connectivity index (χ2n) is 5.90. The first kappa shape index (κ1) is 18.4. The van der Waals surface area contributed by atoms with Crippen LogP contribution in [0.1, 0.15) is 24.3 Å². The molecule has 8 heteroatoms. The van der Waals surface area contributed by atoms with Crippen LogP contribution in [0.25, 0.3) is 10.9 Å². The summed E-state index contributed by atoms with van der Waals surface area (Å²) in [4.78, 5) is 40.5. The molecule has 0 spiro atoms. The predicted octanol–water partition coefficient (Wildman–Crippen LogP) is 1.91. The van der Waals surface area contributed by atoms with E-state index in [1.165, 1.54) is 0 Å². The number of nitrogens with one attached hydrogen (secondary N) is 2. The van der Waals surface area contributed by atoms with Gasteiger partial charge in [-0.2, -0.15) is 0 Å². The Kier molecular flexibility index (Phi) is 5.35. The van der Waals surface area contributed by atoms with Crippen molar-refractivity contribution in [3.05, 3.63) is 53.4 Å². The van der Waals surface area contributed by atoms with Gasteiger partial charge in [-0.05, 0) is 26.0 Å². The number of ether oxygens (including phenoxy) is 2. The van der Waals surface area contributed by atoms with Gasteiger partial charge in [0.2, 0.25) is 0 Å². The maximum atomic E-state index is 12.3. The number of hydrogen-bond acceptors (Lipinski definition) is 6. The number of esters is 2. The lowest BCUT2D eigenvalue weighted by atomic mass is 10.0. The molecule has 0 saturated carbocycles. The van der Waals surface area contributed by atoms with Gasteiger partial charge in [0.05, 0.1) is 29.4 Å². The summed E-state index contributed by atoms with van der Waals surface area (Å²) >= 11 is 0. The zero-order valence-corrected chi connectivity index (χ0v) is 14.9. The number of rotatable bonds is 5. The molecule has 2 heterocycles. The number of fused-ring (bicyclic) bond motifs is 1. The van der Waals surface area contributed by atoms with Crippen molar-refractivity contribution in [3.63, 3.8) is 0 Å². The summed E-state index contributed by atoms with van der Waals surface area (Å²) in [5, 5.41) is 5.98. The number of carbonyl (C=O) groups excluding carboxylic acids is 3. The van der Waals surface area contributed by atoms with Crippen molar-refractivity contribution in [2.45, 2.75) is 19.9 Å². The van der Waals surface area contributed by atoms with E-state index in [1.807, 2.05) is 18.2 Å². The number of urea groups is 1. The van der Waals surface area contributed by atoms with Crippen molar-refractivity contribution in [1.82, 2.24) is 15.6 Å². The van der Waals surface area contributed by atoms with Crippen LogP contribution in [-0.2, 0) is 14.3 Å². The zero-order chi connectivity index (χ0) is 19.4. The van der Waals surface area contributed by atoms with Crippen molar-refractivity contribution in [2.24, 2.45) is 0 Å². The van der Waals surface area contributed by atoms with Crippen molar-refractivity contribution >= 4 is 28.9 Å². The SMILES string of the molecule is CCOC(=O)C1=C(COC(=O)c2ccc3ccccc3n2)NC(=O)NC1C. The van der Waals surface area contributed by atoms with E-state index < -0.39 is 24.0 Å². The zero-order valence-electron chi connectivity index (χ0n) is 14.9. The molecule has 1 aliphatic rings. The van der Waals surface area contributed by atoms with Gasteiger partial charge >= 0.3 is 18.0 Å². The minimum atomic E-state index is -0.656. The number of amides is 2. The summed E-state index contributed by atoms with van der Waals surface area (Å²) < 4.78 is 10.3. The summed E-state index contributed by atoms with van der Waals surface area (Å²) in [5.41, 5.74) is 1.22. The van der Waals surface area contributed by atoms with Crippen LogP contribution in [-0.4, -0.2) is 42.2 Å². The highest BCUT2D eigenvalue weighted by Crippen LogP contribution is 2.16. The normalized spacial score (nSPS) is 16.5. The quantitative estimate of drug-likeness (QED) is 0.780. The molecule has 0 aliphatic carbocycles. The van der Waals surface area contributed by atoms with E-state index in [2.05, 4.69) is 15.6 Å². The van der Waals surface area contributed by atoms with Crippen LogP contribution in [0.15, 0.2) is 47.7 Å². The number of benzene rings is 1. The molecule has 8 nitrogen and oxygen atoms in total. The molecule has 1 aromatic heterocycles. The second-order valence-corrected chi connectivity index (χ2v) is 5.90. The number of aromatic nitrogens is 1. The molecule has 1 aliphatic heterocycles. The molecule has 1 atom stereocenters. The van der Waals surface area contributed by atoms with Crippen LogP contribution < -0.4 is 10.6 Å². The molecule has 27 heavy (non-hydrogen) atoms. The first-order valence-corrected chi connectivity index (χ1v) is 8.50. The van der Waals surface area contributed by atoms with Gasteiger partial charge in [0, 0.05) is 5.39 Å². The fourth-order valence-corrected chi connectivity index (χ4v) is 2.78. The first-order valence-electron chi connectivity index (χ1n) is 8.50. The number of para-hydroxylation sites is 1. The Morgan fingerprint density at radius 3 is 2.67 bits per heavy atom. The summed E-state index contributed by atoms with van der Waals surface area (Å²) in [6.07, 6.45) is 0. The van der Waals surface area contributed by atoms with E-state index in [4.69, 9.17) is 9.47 Å². The first-order chi connectivity index (χ1) is 13.0. The Morgan fingerprint density at radius 1 is 1.11 bits per heavy atom. The molecule has 1 aromatic carbocycles. The average Bonchev–Trinajstić information content (AvgIpc) is 2.65. The summed E-state index contributed by atoms with van der Waals surface area (Å²) in [6.45, 7) is 3.25. The van der Waals surface area contributed by atoms with Crippen LogP contribution in [0.5, 0.6) is 0 Å². The Bertz CT molecular complexity index is 938. The number of hydrogen-bond donors (Lipinski definition) is 2. The third kappa shape index (κ3) is 4.05. The van der Waals surface area contributed by atoms with Gasteiger partial charge in [-0.3, -0.25) is 0 Å². The van der Waals surface area contributed by atoms with Crippen LogP contribution in [0, 0.1) is 0 Å².